The molecule has 0 unspecified atom stereocenters. The van der Waals surface area contributed by atoms with E-state index < -0.39 is 0 Å². The minimum Gasteiger partial charge on any atom is -0.352 e. The summed E-state index contributed by atoms with van der Waals surface area (Å²) in [7, 11) is 0. The van der Waals surface area contributed by atoms with E-state index >= 15 is 0 Å². The minimum atomic E-state index is 0.185. The van der Waals surface area contributed by atoms with Crippen LogP contribution in [0.2, 0.25) is 10.0 Å². The van der Waals surface area contributed by atoms with Gasteiger partial charge in [-0.2, -0.15) is 0 Å². The van der Waals surface area contributed by atoms with Gasteiger partial charge in [0.05, 0.1) is 16.6 Å². The summed E-state index contributed by atoms with van der Waals surface area (Å²) in [6, 6.07) is 6.22. The molecule has 4 nitrogen and oxygen atoms in total. The molecule has 3 rings (SSSR count). The summed E-state index contributed by atoms with van der Waals surface area (Å²) in [6.45, 7) is 5.20. The van der Waals surface area contributed by atoms with Gasteiger partial charge in [0.25, 0.3) is 0 Å². The summed E-state index contributed by atoms with van der Waals surface area (Å²) in [6.07, 6.45) is 6.09. The second-order valence-corrected chi connectivity index (χ2v) is 8.02. The zero-order chi connectivity index (χ0) is 17.6. The Bertz CT molecular complexity index is 582. The fraction of sp³-hybridized carbons (Fsp3) is 0.632. The van der Waals surface area contributed by atoms with E-state index in [0.29, 0.717) is 22.6 Å². The van der Waals surface area contributed by atoms with E-state index in [-0.39, 0.29) is 5.91 Å². The maximum Gasteiger partial charge on any atom is 0.234 e. The molecule has 1 saturated carbocycles. The smallest absolute Gasteiger partial charge is 0.234 e. The highest BCUT2D eigenvalue weighted by Gasteiger charge is 2.21. The molecule has 0 spiro atoms. The molecule has 138 valence electrons. The highest BCUT2D eigenvalue weighted by molar-refractivity contribution is 6.42. The first-order valence-electron chi connectivity index (χ1n) is 9.28. The lowest BCUT2D eigenvalue weighted by atomic mass is 9.95. The molecule has 1 aliphatic heterocycles. The lowest BCUT2D eigenvalue weighted by molar-refractivity contribution is -0.123. The Labute approximate surface area is 160 Å². The Hall–Kier alpha value is -0.810. The molecule has 2 aliphatic rings. The van der Waals surface area contributed by atoms with E-state index in [1.807, 2.05) is 18.2 Å². The van der Waals surface area contributed by atoms with Crippen molar-refractivity contribution in [2.45, 2.75) is 44.7 Å². The average molecular weight is 384 g/mol. The van der Waals surface area contributed by atoms with Crippen LogP contribution < -0.4 is 5.32 Å². The summed E-state index contributed by atoms with van der Waals surface area (Å²) in [4.78, 5) is 16.9. The molecule has 0 atom stereocenters. The molecular formula is C19H27Cl2N3O. The molecule has 1 heterocycles. The van der Waals surface area contributed by atoms with Crippen molar-refractivity contribution in [1.29, 1.82) is 0 Å². The molecule has 2 fully saturated rings. The normalized spacial score (nSPS) is 20.6. The van der Waals surface area contributed by atoms with Gasteiger partial charge < -0.3 is 5.32 Å². The molecule has 6 heteroatoms. The van der Waals surface area contributed by atoms with Gasteiger partial charge in [-0.1, -0.05) is 48.5 Å². The number of piperazine rings is 1. The van der Waals surface area contributed by atoms with E-state index in [4.69, 9.17) is 23.2 Å². The highest BCUT2D eigenvalue weighted by Crippen LogP contribution is 2.23. The molecule has 0 radical (unpaired) electrons. The molecule has 1 amide bonds. The number of benzene rings is 1. The number of rotatable bonds is 5. The number of hydrogen-bond donors (Lipinski definition) is 1. The van der Waals surface area contributed by atoms with E-state index in [9.17, 15) is 4.79 Å². The maximum atomic E-state index is 12.2. The number of halogens is 2. The predicted molar refractivity (Wildman–Crippen MR) is 103 cm³/mol. The Morgan fingerprint density at radius 1 is 1.00 bits per heavy atom. The van der Waals surface area contributed by atoms with Crippen LogP contribution in [0.15, 0.2) is 18.2 Å². The van der Waals surface area contributed by atoms with Crippen molar-refractivity contribution in [2.24, 2.45) is 0 Å². The van der Waals surface area contributed by atoms with Crippen LogP contribution in [0.25, 0.3) is 0 Å². The lowest BCUT2D eigenvalue weighted by Crippen LogP contribution is -2.50. The summed E-state index contributed by atoms with van der Waals surface area (Å²) in [5, 5.41) is 4.41. The highest BCUT2D eigenvalue weighted by atomic mass is 35.5. The average Bonchev–Trinajstić information content (AvgIpc) is 2.61. The van der Waals surface area contributed by atoms with Crippen molar-refractivity contribution in [3.63, 3.8) is 0 Å². The van der Waals surface area contributed by atoms with Gasteiger partial charge in [-0.3, -0.25) is 14.6 Å². The Kier molecular flexibility index (Phi) is 7.00. The first kappa shape index (κ1) is 19.0. The van der Waals surface area contributed by atoms with Gasteiger partial charge in [-0.15, -0.1) is 0 Å². The fourth-order valence-corrected chi connectivity index (χ4v) is 4.05. The second kappa shape index (κ2) is 9.22. The second-order valence-electron chi connectivity index (χ2n) is 7.20. The number of nitrogens with zero attached hydrogens (tertiary/aromatic N) is 2. The molecule has 1 N–H and O–H groups in total. The van der Waals surface area contributed by atoms with E-state index in [2.05, 4.69) is 15.1 Å². The third kappa shape index (κ3) is 5.85. The molecule has 0 bridgehead atoms. The van der Waals surface area contributed by atoms with Crippen LogP contribution >= 0.6 is 23.2 Å². The largest absolute Gasteiger partial charge is 0.352 e. The van der Waals surface area contributed by atoms with Gasteiger partial charge in [0.15, 0.2) is 0 Å². The van der Waals surface area contributed by atoms with Crippen LogP contribution in [0.4, 0.5) is 0 Å². The molecule has 0 aromatic heterocycles. The van der Waals surface area contributed by atoms with Crippen LogP contribution in [0.5, 0.6) is 0 Å². The van der Waals surface area contributed by atoms with Crippen molar-refractivity contribution in [2.75, 3.05) is 32.7 Å². The third-order valence-electron chi connectivity index (χ3n) is 5.19. The number of amides is 1. The van der Waals surface area contributed by atoms with Gasteiger partial charge >= 0.3 is 0 Å². The van der Waals surface area contributed by atoms with Crippen LogP contribution in [0.1, 0.15) is 37.7 Å². The zero-order valence-electron chi connectivity index (χ0n) is 14.6. The van der Waals surface area contributed by atoms with Gasteiger partial charge in [0.1, 0.15) is 0 Å². The summed E-state index contributed by atoms with van der Waals surface area (Å²) >= 11 is 12.1. The minimum absolute atomic E-state index is 0.185. The number of carbonyl (C=O) groups is 1. The van der Waals surface area contributed by atoms with Crippen molar-refractivity contribution in [3.05, 3.63) is 33.8 Å². The molecular weight excluding hydrogens is 357 g/mol. The number of hydrogen-bond acceptors (Lipinski definition) is 3. The van der Waals surface area contributed by atoms with Crippen LogP contribution in [0.3, 0.4) is 0 Å². The van der Waals surface area contributed by atoms with Crippen molar-refractivity contribution in [3.8, 4) is 0 Å². The first-order chi connectivity index (χ1) is 12.1. The molecule has 25 heavy (non-hydrogen) atoms. The Morgan fingerprint density at radius 2 is 1.68 bits per heavy atom. The van der Waals surface area contributed by atoms with Crippen LogP contribution in [-0.2, 0) is 11.3 Å². The van der Waals surface area contributed by atoms with Gasteiger partial charge in [0.2, 0.25) is 5.91 Å². The monoisotopic (exact) mass is 383 g/mol. The van der Waals surface area contributed by atoms with Gasteiger partial charge in [-0.25, -0.2) is 0 Å². The van der Waals surface area contributed by atoms with Crippen molar-refractivity contribution in [1.82, 2.24) is 15.1 Å². The summed E-state index contributed by atoms with van der Waals surface area (Å²) < 4.78 is 0. The van der Waals surface area contributed by atoms with E-state index in [0.717, 1.165) is 45.6 Å². The maximum absolute atomic E-state index is 12.2. The zero-order valence-corrected chi connectivity index (χ0v) is 16.2. The quantitative estimate of drug-likeness (QED) is 0.843. The third-order valence-corrected chi connectivity index (χ3v) is 5.93. The fourth-order valence-electron chi connectivity index (χ4n) is 3.73. The Balaban J connectivity index is 1.39. The molecule has 1 aromatic carbocycles. The number of carbonyl (C=O) groups excluding carboxylic acids is 1. The summed E-state index contributed by atoms with van der Waals surface area (Å²) in [5.74, 6) is 0.185. The van der Waals surface area contributed by atoms with Gasteiger partial charge in [0, 0.05) is 38.8 Å². The van der Waals surface area contributed by atoms with E-state index in [1.54, 1.807) is 0 Å². The molecule has 1 saturated heterocycles. The predicted octanol–water partition coefficient (Wildman–Crippen LogP) is 3.56. The van der Waals surface area contributed by atoms with E-state index in [1.165, 1.54) is 24.8 Å². The van der Waals surface area contributed by atoms with Crippen LogP contribution in [-0.4, -0.2) is 54.5 Å². The lowest BCUT2D eigenvalue weighted by Gasteiger charge is -2.34. The Morgan fingerprint density at radius 3 is 2.36 bits per heavy atom. The summed E-state index contributed by atoms with van der Waals surface area (Å²) in [5.41, 5.74) is 1.18. The standard InChI is InChI=1S/C19H27Cl2N3O/c20-17-7-6-15(12-18(17)21)13-23-8-10-24(11-9-23)14-19(25)22-16-4-2-1-3-5-16/h6-7,12,16H,1-5,8-11,13-14H2,(H,22,25). The van der Waals surface area contributed by atoms with Crippen LogP contribution in [0, 0.1) is 0 Å². The SMILES string of the molecule is O=C(CN1CCN(Cc2ccc(Cl)c(Cl)c2)CC1)NC1CCCCC1. The van der Waals surface area contributed by atoms with Crippen molar-refractivity contribution < 1.29 is 4.79 Å². The topological polar surface area (TPSA) is 35.6 Å². The molecule has 1 aromatic rings. The number of nitrogens with one attached hydrogen (secondary N) is 1. The van der Waals surface area contributed by atoms with Crippen molar-refractivity contribution >= 4 is 29.1 Å². The van der Waals surface area contributed by atoms with Gasteiger partial charge in [-0.05, 0) is 30.5 Å². The first-order valence-corrected chi connectivity index (χ1v) is 10.0. The molecule has 1 aliphatic carbocycles.